The summed E-state index contributed by atoms with van der Waals surface area (Å²) in [7, 11) is 4.29. The van der Waals surface area contributed by atoms with E-state index in [1.165, 1.54) is 11.1 Å². The number of nitrogens with two attached hydrogens (primary N) is 1. The van der Waals surface area contributed by atoms with Crippen LogP contribution >= 0.6 is 0 Å². The number of nitrogens with zero attached hydrogens (tertiary/aromatic N) is 5. The second-order valence-electron chi connectivity index (χ2n) is 8.41. The first kappa shape index (κ1) is 21.1. The summed E-state index contributed by atoms with van der Waals surface area (Å²) in [6.07, 6.45) is 3.88. The van der Waals surface area contributed by atoms with E-state index in [1.807, 2.05) is 12.1 Å². The molecule has 0 aliphatic carbocycles. The van der Waals surface area contributed by atoms with Gasteiger partial charge in [-0.15, -0.1) is 0 Å². The molecule has 1 aliphatic heterocycles. The van der Waals surface area contributed by atoms with Gasteiger partial charge in [0.25, 0.3) is 0 Å². The van der Waals surface area contributed by atoms with Crippen molar-refractivity contribution in [3.05, 3.63) is 78.1 Å². The lowest BCUT2D eigenvalue weighted by atomic mass is 10.0. The van der Waals surface area contributed by atoms with Crippen LogP contribution in [0.4, 0.5) is 17.3 Å². The van der Waals surface area contributed by atoms with E-state index in [-0.39, 0.29) is 0 Å². The van der Waals surface area contributed by atoms with Crippen LogP contribution in [0.2, 0.25) is 0 Å². The lowest BCUT2D eigenvalue weighted by Crippen LogP contribution is -2.42. The molecule has 1 saturated heterocycles. The van der Waals surface area contributed by atoms with Crippen LogP contribution in [0.5, 0.6) is 0 Å². The fourth-order valence-corrected chi connectivity index (χ4v) is 4.28. The highest BCUT2D eigenvalue weighted by molar-refractivity contribution is 5.76. The molecule has 162 valence electrons. The molecule has 3 aromatic rings. The van der Waals surface area contributed by atoms with Crippen molar-refractivity contribution in [3.8, 4) is 0 Å². The molecule has 2 N–H and O–H groups in total. The molecule has 0 atom stereocenters. The molecule has 2 aromatic carbocycles. The summed E-state index contributed by atoms with van der Waals surface area (Å²) in [5, 5.41) is 0. The largest absolute Gasteiger partial charge is 0.393 e. The first-order valence-electron chi connectivity index (χ1n) is 11.0. The number of hydrogen-bond acceptors (Lipinski definition) is 6. The van der Waals surface area contributed by atoms with Crippen molar-refractivity contribution in [1.82, 2.24) is 14.9 Å². The lowest BCUT2D eigenvalue weighted by Gasteiger charge is -2.36. The van der Waals surface area contributed by atoms with Crippen LogP contribution in [0, 0.1) is 0 Å². The van der Waals surface area contributed by atoms with E-state index in [0.29, 0.717) is 11.7 Å². The van der Waals surface area contributed by atoms with Crippen molar-refractivity contribution in [3.63, 3.8) is 0 Å². The standard InChI is InChI=1S/C25H32N6/c1-29-15-13-22(14-16-29)30(2)24-23(26)25(28-19-27-24)31(17-20-9-5-3-6-10-20)18-21-11-7-4-8-12-21/h3-12,19,22H,13-18,26H2,1-2H3. The Morgan fingerprint density at radius 1 is 0.871 bits per heavy atom. The molecular weight excluding hydrogens is 384 g/mol. The first-order valence-corrected chi connectivity index (χ1v) is 11.0. The third-order valence-corrected chi connectivity index (χ3v) is 6.14. The Morgan fingerprint density at radius 3 is 1.94 bits per heavy atom. The van der Waals surface area contributed by atoms with Crippen molar-refractivity contribution < 1.29 is 0 Å². The van der Waals surface area contributed by atoms with Gasteiger partial charge in [0.2, 0.25) is 0 Å². The Kier molecular flexibility index (Phi) is 6.67. The highest BCUT2D eigenvalue weighted by atomic mass is 15.3. The summed E-state index contributed by atoms with van der Waals surface area (Å²) in [6, 6.07) is 21.4. The Morgan fingerprint density at radius 2 is 1.39 bits per heavy atom. The fraction of sp³-hybridized carbons (Fsp3) is 0.360. The van der Waals surface area contributed by atoms with Crippen molar-refractivity contribution >= 4 is 17.3 Å². The highest BCUT2D eigenvalue weighted by Crippen LogP contribution is 2.32. The predicted molar refractivity (Wildman–Crippen MR) is 128 cm³/mol. The third kappa shape index (κ3) is 5.14. The van der Waals surface area contributed by atoms with Gasteiger partial charge >= 0.3 is 0 Å². The first-order chi connectivity index (χ1) is 15.1. The Hall–Kier alpha value is -3.12. The number of likely N-dealkylation sites (tertiary alicyclic amines) is 1. The van der Waals surface area contributed by atoms with Crippen LogP contribution in [0.15, 0.2) is 67.0 Å². The second kappa shape index (κ2) is 9.79. The fourth-order valence-electron chi connectivity index (χ4n) is 4.28. The maximum atomic E-state index is 6.71. The van der Waals surface area contributed by atoms with Gasteiger partial charge in [-0.25, -0.2) is 9.97 Å². The summed E-state index contributed by atoms with van der Waals surface area (Å²) < 4.78 is 0. The van der Waals surface area contributed by atoms with Gasteiger partial charge in [-0.2, -0.15) is 0 Å². The van der Waals surface area contributed by atoms with Gasteiger partial charge < -0.3 is 20.4 Å². The Balaban J connectivity index is 1.63. The molecule has 4 rings (SSSR count). The van der Waals surface area contributed by atoms with E-state index in [0.717, 1.165) is 50.7 Å². The Bertz CT molecular complexity index is 913. The maximum Gasteiger partial charge on any atom is 0.158 e. The molecular formula is C25H32N6. The summed E-state index contributed by atoms with van der Waals surface area (Å²) in [5.41, 5.74) is 9.80. The SMILES string of the molecule is CN1CCC(N(C)c2ncnc(N(Cc3ccccc3)Cc3ccccc3)c2N)CC1. The van der Waals surface area contributed by atoms with Crippen molar-refractivity contribution in [2.75, 3.05) is 42.7 Å². The van der Waals surface area contributed by atoms with E-state index in [9.17, 15) is 0 Å². The van der Waals surface area contributed by atoms with Crippen LogP contribution < -0.4 is 15.5 Å². The number of piperidine rings is 1. The third-order valence-electron chi connectivity index (χ3n) is 6.14. The maximum absolute atomic E-state index is 6.71. The number of anilines is 3. The molecule has 6 heteroatoms. The molecule has 0 amide bonds. The van der Waals surface area contributed by atoms with Crippen LogP contribution in [0.3, 0.4) is 0 Å². The zero-order chi connectivity index (χ0) is 21.6. The topological polar surface area (TPSA) is 61.5 Å². The monoisotopic (exact) mass is 416 g/mol. The number of rotatable bonds is 7. The van der Waals surface area contributed by atoms with Gasteiger partial charge in [0.05, 0.1) is 0 Å². The number of aromatic nitrogens is 2. The van der Waals surface area contributed by atoms with Gasteiger partial charge in [-0.05, 0) is 44.1 Å². The van der Waals surface area contributed by atoms with E-state index < -0.39 is 0 Å². The highest BCUT2D eigenvalue weighted by Gasteiger charge is 2.25. The molecule has 2 heterocycles. The van der Waals surface area contributed by atoms with Gasteiger partial charge in [-0.1, -0.05) is 60.7 Å². The number of hydrogen-bond donors (Lipinski definition) is 1. The minimum Gasteiger partial charge on any atom is -0.393 e. The minimum atomic E-state index is 0.443. The summed E-state index contributed by atoms with van der Waals surface area (Å²) in [4.78, 5) is 16.1. The summed E-state index contributed by atoms with van der Waals surface area (Å²) in [5.74, 6) is 1.61. The average Bonchev–Trinajstić information content (AvgIpc) is 2.80. The zero-order valence-electron chi connectivity index (χ0n) is 18.5. The van der Waals surface area contributed by atoms with E-state index in [4.69, 9.17) is 5.73 Å². The van der Waals surface area contributed by atoms with Crippen LogP contribution in [-0.4, -0.2) is 48.1 Å². The molecule has 0 spiro atoms. The molecule has 0 saturated carbocycles. The zero-order valence-corrected chi connectivity index (χ0v) is 18.5. The normalized spacial score (nSPS) is 15.0. The molecule has 31 heavy (non-hydrogen) atoms. The minimum absolute atomic E-state index is 0.443. The molecule has 0 bridgehead atoms. The smallest absolute Gasteiger partial charge is 0.158 e. The van der Waals surface area contributed by atoms with Crippen LogP contribution in [0.25, 0.3) is 0 Å². The summed E-state index contributed by atoms with van der Waals surface area (Å²) >= 11 is 0. The lowest BCUT2D eigenvalue weighted by molar-refractivity contribution is 0.252. The average molecular weight is 417 g/mol. The van der Waals surface area contributed by atoms with Gasteiger partial charge in [0.15, 0.2) is 11.6 Å². The molecule has 0 unspecified atom stereocenters. The molecule has 1 aliphatic rings. The van der Waals surface area contributed by atoms with Gasteiger partial charge in [0, 0.05) is 26.2 Å². The van der Waals surface area contributed by atoms with E-state index in [2.05, 4.69) is 87.3 Å². The molecule has 1 fully saturated rings. The second-order valence-corrected chi connectivity index (χ2v) is 8.41. The van der Waals surface area contributed by atoms with Crippen molar-refractivity contribution in [1.29, 1.82) is 0 Å². The quantitative estimate of drug-likeness (QED) is 0.632. The van der Waals surface area contributed by atoms with Gasteiger partial charge in [-0.3, -0.25) is 0 Å². The Labute approximate surface area is 185 Å². The molecule has 0 radical (unpaired) electrons. The number of benzene rings is 2. The summed E-state index contributed by atoms with van der Waals surface area (Å²) in [6.45, 7) is 3.66. The number of nitrogen functional groups attached to an aromatic ring is 1. The van der Waals surface area contributed by atoms with Crippen molar-refractivity contribution in [2.45, 2.75) is 32.0 Å². The van der Waals surface area contributed by atoms with Crippen molar-refractivity contribution in [2.24, 2.45) is 0 Å². The molecule has 1 aromatic heterocycles. The predicted octanol–water partition coefficient (Wildman–Crippen LogP) is 3.80. The van der Waals surface area contributed by atoms with Gasteiger partial charge in [0.1, 0.15) is 12.0 Å². The van der Waals surface area contributed by atoms with Crippen LogP contribution in [0.1, 0.15) is 24.0 Å². The van der Waals surface area contributed by atoms with Crippen LogP contribution in [-0.2, 0) is 13.1 Å². The molecule has 6 nitrogen and oxygen atoms in total. The van der Waals surface area contributed by atoms with E-state index in [1.54, 1.807) is 6.33 Å². The van der Waals surface area contributed by atoms with E-state index >= 15 is 0 Å².